The molecule has 0 bridgehead atoms. The zero-order valence-corrected chi connectivity index (χ0v) is 10.6. The Hall–Kier alpha value is -0.630. The van der Waals surface area contributed by atoms with Gasteiger partial charge in [-0.15, -0.1) is 0 Å². The molecule has 0 saturated heterocycles. The lowest BCUT2D eigenvalue weighted by Gasteiger charge is -2.20. The summed E-state index contributed by atoms with van der Waals surface area (Å²) in [7, 11) is 0. The molecule has 1 nitrogen and oxygen atoms in total. The van der Waals surface area contributed by atoms with Gasteiger partial charge in [-0.3, -0.25) is 4.79 Å². The second-order valence-electron chi connectivity index (χ2n) is 4.55. The van der Waals surface area contributed by atoms with Crippen molar-refractivity contribution in [2.24, 2.45) is 0 Å². The highest BCUT2D eigenvalue weighted by Crippen LogP contribution is 2.24. The van der Waals surface area contributed by atoms with E-state index in [1.165, 1.54) is 5.56 Å². The molecule has 0 fully saturated rings. The smallest absolute Gasteiger partial charge is 0.228 e. The molecule has 0 aliphatic rings. The van der Waals surface area contributed by atoms with Crippen molar-refractivity contribution in [2.45, 2.75) is 33.1 Å². The predicted octanol–water partition coefficient (Wildman–Crippen LogP) is 3.83. The van der Waals surface area contributed by atoms with Crippen LogP contribution < -0.4 is 0 Å². The fraction of sp³-hybridized carbons (Fsp3) is 0.417. The van der Waals surface area contributed by atoms with Gasteiger partial charge < -0.3 is 0 Å². The number of aryl methyl sites for hydroxylation is 1. The molecule has 0 spiro atoms. The number of hydrogen-bond acceptors (Lipinski definition) is 1. The fourth-order valence-corrected chi connectivity index (χ4v) is 1.80. The maximum atomic E-state index is 11.1. The summed E-state index contributed by atoms with van der Waals surface area (Å²) in [6.45, 7) is 8.45. The molecule has 1 aromatic carbocycles. The molecule has 14 heavy (non-hydrogen) atoms. The van der Waals surface area contributed by atoms with Gasteiger partial charge in [0.05, 0.1) is 0 Å². The highest BCUT2D eigenvalue weighted by Gasteiger charge is 2.15. The number of carbonyl (C=O) groups excluding carboxylic acids is 1. The number of halogens is 1. The van der Waals surface area contributed by atoms with E-state index in [1.54, 1.807) is 0 Å². The van der Waals surface area contributed by atoms with Gasteiger partial charge in [0, 0.05) is 5.56 Å². The van der Waals surface area contributed by atoms with Gasteiger partial charge >= 0.3 is 0 Å². The molecule has 1 aromatic rings. The fourth-order valence-electron chi connectivity index (χ4n) is 1.35. The molecular formula is C12H15BrO. The van der Waals surface area contributed by atoms with E-state index in [1.807, 2.05) is 19.1 Å². The van der Waals surface area contributed by atoms with Crippen molar-refractivity contribution >= 4 is 20.6 Å². The highest BCUT2D eigenvalue weighted by molar-refractivity contribution is 9.18. The Morgan fingerprint density at radius 1 is 1.29 bits per heavy atom. The van der Waals surface area contributed by atoms with Gasteiger partial charge in [-0.05, 0) is 45.5 Å². The van der Waals surface area contributed by atoms with Crippen LogP contribution in [0.2, 0.25) is 0 Å². The normalized spacial score (nSPS) is 11.5. The summed E-state index contributed by atoms with van der Waals surface area (Å²) in [6.07, 6.45) is 0. The molecule has 0 N–H and O–H groups in total. The van der Waals surface area contributed by atoms with Gasteiger partial charge in [-0.1, -0.05) is 32.9 Å². The molecular weight excluding hydrogens is 240 g/mol. The van der Waals surface area contributed by atoms with Crippen molar-refractivity contribution in [1.82, 2.24) is 0 Å². The molecule has 2 heteroatoms. The average Bonchev–Trinajstić information content (AvgIpc) is 2.01. The van der Waals surface area contributed by atoms with Gasteiger partial charge in [-0.25, -0.2) is 0 Å². The van der Waals surface area contributed by atoms with Crippen LogP contribution in [-0.4, -0.2) is 4.69 Å². The third kappa shape index (κ3) is 2.44. The molecule has 0 heterocycles. The van der Waals surface area contributed by atoms with E-state index in [4.69, 9.17) is 0 Å². The molecule has 76 valence electrons. The summed E-state index contributed by atoms with van der Waals surface area (Å²) in [5.74, 6) is 0. The number of rotatable bonds is 1. The molecule has 0 radical (unpaired) electrons. The van der Waals surface area contributed by atoms with Crippen LogP contribution >= 0.6 is 15.9 Å². The molecule has 0 aliphatic heterocycles. The first-order chi connectivity index (χ1) is 6.32. The lowest BCUT2D eigenvalue weighted by molar-refractivity contribution is 0.109. The van der Waals surface area contributed by atoms with Gasteiger partial charge in [0.25, 0.3) is 0 Å². The molecule has 0 aromatic heterocycles. The Kier molecular flexibility index (Phi) is 3.15. The van der Waals surface area contributed by atoms with Crippen LogP contribution in [0.15, 0.2) is 18.2 Å². The highest BCUT2D eigenvalue weighted by atomic mass is 79.9. The van der Waals surface area contributed by atoms with Crippen molar-refractivity contribution in [3.8, 4) is 0 Å². The molecule has 0 atom stereocenters. The van der Waals surface area contributed by atoms with E-state index in [-0.39, 0.29) is 10.1 Å². The van der Waals surface area contributed by atoms with Crippen molar-refractivity contribution in [3.63, 3.8) is 0 Å². The number of hydrogen-bond donors (Lipinski definition) is 0. The van der Waals surface area contributed by atoms with Crippen LogP contribution in [-0.2, 0) is 5.41 Å². The first-order valence-electron chi connectivity index (χ1n) is 4.63. The molecule has 0 saturated carbocycles. The second kappa shape index (κ2) is 3.85. The summed E-state index contributed by atoms with van der Waals surface area (Å²) >= 11 is 2.97. The minimum atomic E-state index is -0.0459. The minimum Gasteiger partial charge on any atom is -0.281 e. The quantitative estimate of drug-likeness (QED) is 0.697. The Morgan fingerprint density at radius 2 is 1.86 bits per heavy atom. The van der Waals surface area contributed by atoms with Crippen LogP contribution in [0.3, 0.4) is 0 Å². The van der Waals surface area contributed by atoms with Gasteiger partial charge in [0.15, 0.2) is 0 Å². The van der Waals surface area contributed by atoms with Gasteiger partial charge in [0.1, 0.15) is 0 Å². The van der Waals surface area contributed by atoms with E-state index >= 15 is 0 Å². The van der Waals surface area contributed by atoms with Crippen LogP contribution in [0.5, 0.6) is 0 Å². The predicted molar refractivity (Wildman–Crippen MR) is 63.1 cm³/mol. The Bertz CT molecular complexity index is 361. The number of carbonyl (C=O) groups is 1. The standard InChI is InChI=1S/C12H15BrO/c1-8-7-9(12(2,3)4)5-6-10(8)11(13)14/h5-7H,1-4H3. The zero-order chi connectivity index (χ0) is 10.9. The summed E-state index contributed by atoms with van der Waals surface area (Å²) < 4.78 is -0.0459. The second-order valence-corrected chi connectivity index (χ2v) is 5.27. The maximum absolute atomic E-state index is 11.1. The summed E-state index contributed by atoms with van der Waals surface area (Å²) in [4.78, 5) is 11.1. The van der Waals surface area contributed by atoms with Crippen molar-refractivity contribution in [1.29, 1.82) is 0 Å². The Morgan fingerprint density at radius 3 is 2.21 bits per heavy atom. The van der Waals surface area contributed by atoms with E-state index < -0.39 is 0 Å². The zero-order valence-electron chi connectivity index (χ0n) is 9.02. The largest absolute Gasteiger partial charge is 0.281 e. The first kappa shape index (κ1) is 11.4. The summed E-state index contributed by atoms with van der Waals surface area (Å²) in [5.41, 5.74) is 3.17. The van der Waals surface area contributed by atoms with E-state index in [9.17, 15) is 4.79 Å². The summed E-state index contributed by atoms with van der Waals surface area (Å²) in [6, 6.07) is 5.98. The van der Waals surface area contributed by atoms with E-state index in [2.05, 4.69) is 42.8 Å². The molecule has 0 amide bonds. The third-order valence-electron chi connectivity index (χ3n) is 2.30. The van der Waals surface area contributed by atoms with E-state index in [0.29, 0.717) is 0 Å². The van der Waals surface area contributed by atoms with Crippen LogP contribution in [0.25, 0.3) is 0 Å². The SMILES string of the molecule is Cc1cc(C(C)(C)C)ccc1C(=O)Br. The van der Waals surface area contributed by atoms with Gasteiger partial charge in [-0.2, -0.15) is 0 Å². The Labute approximate surface area is 93.7 Å². The third-order valence-corrected chi connectivity index (χ3v) is 2.73. The Balaban J connectivity index is 3.20. The molecule has 0 unspecified atom stereocenters. The van der Waals surface area contributed by atoms with Crippen LogP contribution in [0, 0.1) is 6.92 Å². The monoisotopic (exact) mass is 254 g/mol. The average molecular weight is 255 g/mol. The van der Waals surface area contributed by atoms with Crippen molar-refractivity contribution in [3.05, 3.63) is 34.9 Å². The maximum Gasteiger partial charge on any atom is 0.228 e. The lowest BCUT2D eigenvalue weighted by Crippen LogP contribution is -2.11. The lowest BCUT2D eigenvalue weighted by atomic mass is 9.85. The van der Waals surface area contributed by atoms with Crippen LogP contribution in [0.4, 0.5) is 0 Å². The van der Waals surface area contributed by atoms with Gasteiger partial charge in [0.2, 0.25) is 4.69 Å². The van der Waals surface area contributed by atoms with Crippen molar-refractivity contribution in [2.75, 3.05) is 0 Å². The topological polar surface area (TPSA) is 17.1 Å². The molecule has 1 rings (SSSR count). The minimum absolute atomic E-state index is 0.0459. The van der Waals surface area contributed by atoms with Crippen LogP contribution in [0.1, 0.15) is 42.3 Å². The van der Waals surface area contributed by atoms with E-state index in [0.717, 1.165) is 11.1 Å². The number of benzene rings is 1. The molecule has 0 aliphatic carbocycles. The summed E-state index contributed by atoms with van der Waals surface area (Å²) in [5, 5.41) is 0. The van der Waals surface area contributed by atoms with Crippen molar-refractivity contribution < 1.29 is 4.79 Å². The first-order valence-corrected chi connectivity index (χ1v) is 5.42.